The maximum absolute atomic E-state index is 5.92. The third-order valence-electron chi connectivity index (χ3n) is 5.74. The number of hydrogen-bond donors (Lipinski definition) is 1. The molecule has 8 heteroatoms. The molecule has 0 saturated heterocycles. The highest BCUT2D eigenvalue weighted by atomic mass is 32.1. The molecule has 0 aliphatic rings. The van der Waals surface area contributed by atoms with Crippen LogP contribution in [0.4, 0.5) is 5.82 Å². The van der Waals surface area contributed by atoms with Gasteiger partial charge in [0, 0.05) is 23.8 Å². The minimum atomic E-state index is 0.717. The molecule has 0 amide bonds. The van der Waals surface area contributed by atoms with E-state index in [2.05, 4.69) is 86.2 Å². The van der Waals surface area contributed by atoms with Crippen molar-refractivity contribution in [1.29, 1.82) is 0 Å². The Labute approximate surface area is 213 Å². The van der Waals surface area contributed by atoms with Gasteiger partial charge in [0.25, 0.3) is 0 Å². The van der Waals surface area contributed by atoms with Crippen LogP contribution in [0.3, 0.4) is 0 Å². The normalized spacial score (nSPS) is 11.5. The summed E-state index contributed by atoms with van der Waals surface area (Å²) < 4.78 is 7.88. The van der Waals surface area contributed by atoms with Crippen LogP contribution in [0.15, 0.2) is 60.2 Å². The smallest absolute Gasteiger partial charge is 0.173 e. The minimum Gasteiger partial charge on any atom is -0.494 e. The minimum absolute atomic E-state index is 0.717. The lowest BCUT2D eigenvalue weighted by molar-refractivity contribution is 0.281. The molecule has 180 valence electrons. The van der Waals surface area contributed by atoms with Crippen LogP contribution in [-0.4, -0.2) is 46.8 Å². The number of rotatable bonds is 9. The van der Waals surface area contributed by atoms with Gasteiger partial charge in [-0.2, -0.15) is 0 Å². The fraction of sp³-hybridized carbons (Fsp3) is 0.259. The van der Waals surface area contributed by atoms with Crippen LogP contribution in [0.2, 0.25) is 0 Å². The molecule has 0 fully saturated rings. The Morgan fingerprint density at radius 3 is 2.57 bits per heavy atom. The van der Waals surface area contributed by atoms with Gasteiger partial charge in [-0.05, 0) is 92.8 Å². The number of ether oxygens (including phenoxy) is 1. The SMILES string of the molecule is Cc1ccn(Nc2nc(-c3cccs3)nc3sc(-c4ccc(OCCCN(C)C)cc4)c(C)c23)c1. The van der Waals surface area contributed by atoms with Gasteiger partial charge in [0.2, 0.25) is 0 Å². The van der Waals surface area contributed by atoms with E-state index in [0.717, 1.165) is 51.0 Å². The zero-order valence-corrected chi connectivity index (χ0v) is 22.0. The number of aryl methyl sites for hydroxylation is 2. The number of aromatic nitrogens is 3. The molecule has 35 heavy (non-hydrogen) atoms. The molecule has 0 aliphatic carbocycles. The van der Waals surface area contributed by atoms with Crippen molar-refractivity contribution in [3.8, 4) is 26.9 Å². The van der Waals surface area contributed by atoms with Crippen molar-refractivity contribution < 1.29 is 4.74 Å². The van der Waals surface area contributed by atoms with Crippen LogP contribution in [0.1, 0.15) is 17.5 Å². The summed E-state index contributed by atoms with van der Waals surface area (Å²) in [7, 11) is 4.16. The van der Waals surface area contributed by atoms with Gasteiger partial charge in [0.1, 0.15) is 10.6 Å². The molecule has 0 spiro atoms. The molecule has 1 aromatic carbocycles. The zero-order valence-electron chi connectivity index (χ0n) is 20.4. The molecular weight excluding hydrogens is 474 g/mol. The second kappa shape index (κ2) is 10.2. The van der Waals surface area contributed by atoms with Gasteiger partial charge >= 0.3 is 0 Å². The zero-order chi connectivity index (χ0) is 24.4. The highest BCUT2D eigenvalue weighted by Crippen LogP contribution is 2.41. The number of thiophene rings is 2. The summed E-state index contributed by atoms with van der Waals surface area (Å²) in [6.45, 7) is 5.97. The molecule has 4 heterocycles. The summed E-state index contributed by atoms with van der Waals surface area (Å²) in [6, 6.07) is 14.5. The molecular formula is C27H29N5OS2. The standard InChI is InChI=1S/C27H29N5OS2/c1-18-12-14-32(17-18)30-26-23-19(2)24(35-27(23)29-25(28-26)22-7-5-16-34-22)20-8-10-21(11-9-20)33-15-6-13-31(3)4/h5,7-12,14,16-17H,6,13,15H2,1-4H3,(H,28,29,30). The van der Waals surface area contributed by atoms with E-state index in [4.69, 9.17) is 14.7 Å². The number of nitrogens with one attached hydrogen (secondary N) is 1. The summed E-state index contributed by atoms with van der Waals surface area (Å²) >= 11 is 3.36. The van der Waals surface area contributed by atoms with Gasteiger partial charge in [-0.1, -0.05) is 6.07 Å². The highest BCUT2D eigenvalue weighted by Gasteiger charge is 2.19. The molecule has 0 radical (unpaired) electrons. The van der Waals surface area contributed by atoms with E-state index in [1.54, 1.807) is 22.7 Å². The van der Waals surface area contributed by atoms with Crippen molar-refractivity contribution in [3.05, 3.63) is 71.4 Å². The quantitative estimate of drug-likeness (QED) is 0.227. The number of anilines is 1. The van der Waals surface area contributed by atoms with Crippen molar-refractivity contribution in [2.24, 2.45) is 0 Å². The molecule has 0 aliphatic heterocycles. The molecule has 5 rings (SSSR count). The van der Waals surface area contributed by atoms with Gasteiger partial charge in [0.15, 0.2) is 11.6 Å². The maximum Gasteiger partial charge on any atom is 0.173 e. The average molecular weight is 504 g/mol. The van der Waals surface area contributed by atoms with E-state index in [-0.39, 0.29) is 0 Å². The van der Waals surface area contributed by atoms with Crippen LogP contribution in [-0.2, 0) is 0 Å². The molecule has 4 aromatic heterocycles. The lowest BCUT2D eigenvalue weighted by Crippen LogP contribution is -2.15. The first kappa shape index (κ1) is 23.5. The van der Waals surface area contributed by atoms with Crippen molar-refractivity contribution in [2.75, 3.05) is 32.7 Å². The molecule has 0 bridgehead atoms. The first-order chi connectivity index (χ1) is 17.0. The Hall–Kier alpha value is -3.20. The second-order valence-electron chi connectivity index (χ2n) is 8.85. The Morgan fingerprint density at radius 2 is 1.89 bits per heavy atom. The molecule has 0 atom stereocenters. The summed E-state index contributed by atoms with van der Waals surface area (Å²) in [5.74, 6) is 2.46. The highest BCUT2D eigenvalue weighted by molar-refractivity contribution is 7.22. The van der Waals surface area contributed by atoms with E-state index in [1.165, 1.54) is 16.0 Å². The van der Waals surface area contributed by atoms with Gasteiger partial charge in [-0.25, -0.2) is 9.97 Å². The number of benzene rings is 1. The van der Waals surface area contributed by atoms with E-state index < -0.39 is 0 Å². The van der Waals surface area contributed by atoms with Gasteiger partial charge in [-0.3, -0.25) is 10.1 Å². The van der Waals surface area contributed by atoms with Crippen LogP contribution in [0, 0.1) is 13.8 Å². The van der Waals surface area contributed by atoms with Gasteiger partial charge in [-0.15, -0.1) is 22.7 Å². The van der Waals surface area contributed by atoms with E-state index >= 15 is 0 Å². The summed E-state index contributed by atoms with van der Waals surface area (Å²) in [4.78, 5) is 15.3. The Bertz CT molecular complexity index is 1420. The Morgan fingerprint density at radius 1 is 1.06 bits per heavy atom. The van der Waals surface area contributed by atoms with Crippen LogP contribution in [0.5, 0.6) is 5.75 Å². The third kappa shape index (κ3) is 5.24. The fourth-order valence-corrected chi connectivity index (χ4v) is 5.82. The summed E-state index contributed by atoms with van der Waals surface area (Å²) in [5.41, 5.74) is 7.00. The van der Waals surface area contributed by atoms with Crippen molar-refractivity contribution in [2.45, 2.75) is 20.3 Å². The fourth-order valence-electron chi connectivity index (χ4n) is 3.98. The number of hydrogen-bond acceptors (Lipinski definition) is 7. The van der Waals surface area contributed by atoms with Crippen molar-refractivity contribution in [3.63, 3.8) is 0 Å². The first-order valence-electron chi connectivity index (χ1n) is 11.6. The third-order valence-corrected chi connectivity index (χ3v) is 7.84. The van der Waals surface area contributed by atoms with Crippen molar-refractivity contribution >= 4 is 38.7 Å². The van der Waals surface area contributed by atoms with Crippen molar-refractivity contribution in [1.82, 2.24) is 19.5 Å². The second-order valence-corrected chi connectivity index (χ2v) is 10.8. The average Bonchev–Trinajstić information content (AvgIpc) is 3.58. The Kier molecular flexibility index (Phi) is 6.86. The summed E-state index contributed by atoms with van der Waals surface area (Å²) in [6.07, 6.45) is 5.07. The first-order valence-corrected chi connectivity index (χ1v) is 13.3. The van der Waals surface area contributed by atoms with Crippen LogP contribution >= 0.6 is 22.7 Å². The van der Waals surface area contributed by atoms with Gasteiger partial charge < -0.3 is 9.64 Å². The van der Waals surface area contributed by atoms with E-state index in [0.29, 0.717) is 6.61 Å². The van der Waals surface area contributed by atoms with Crippen LogP contribution < -0.4 is 10.2 Å². The Balaban J connectivity index is 1.49. The topological polar surface area (TPSA) is 55.2 Å². The molecule has 6 nitrogen and oxygen atoms in total. The number of nitrogens with zero attached hydrogens (tertiary/aromatic N) is 4. The summed E-state index contributed by atoms with van der Waals surface area (Å²) in [5, 5.41) is 3.11. The lowest BCUT2D eigenvalue weighted by atomic mass is 10.1. The van der Waals surface area contributed by atoms with E-state index in [9.17, 15) is 0 Å². The van der Waals surface area contributed by atoms with E-state index in [1.807, 2.05) is 16.9 Å². The molecule has 1 N–H and O–H groups in total. The molecule has 0 saturated carbocycles. The predicted molar refractivity (Wildman–Crippen MR) is 148 cm³/mol. The predicted octanol–water partition coefficient (Wildman–Crippen LogP) is 6.71. The largest absolute Gasteiger partial charge is 0.494 e. The molecule has 0 unspecified atom stereocenters. The maximum atomic E-state index is 5.92. The van der Waals surface area contributed by atoms with Crippen LogP contribution in [0.25, 0.3) is 31.4 Å². The number of fused-ring (bicyclic) bond motifs is 1. The van der Waals surface area contributed by atoms with Gasteiger partial charge in [0.05, 0.1) is 16.9 Å². The monoisotopic (exact) mass is 503 g/mol. The molecule has 5 aromatic rings. The lowest BCUT2D eigenvalue weighted by Gasteiger charge is -2.11.